The van der Waals surface area contributed by atoms with Crippen LogP contribution in [0.4, 0.5) is 0 Å². The van der Waals surface area contributed by atoms with Crippen LogP contribution in [0, 0.1) is 0 Å². The van der Waals surface area contributed by atoms with E-state index in [4.69, 9.17) is 30.5 Å². The first-order valence-corrected chi connectivity index (χ1v) is 16.8. The van der Waals surface area contributed by atoms with Gasteiger partial charge in [-0.15, -0.1) is 0 Å². The normalized spacial score (nSPS) is 14.6. The number of fused-ring (bicyclic) bond motifs is 2. The highest BCUT2D eigenvalue weighted by Gasteiger charge is 2.35. The van der Waals surface area contributed by atoms with E-state index in [0.29, 0.717) is 55.0 Å². The Labute approximate surface area is 287 Å². The van der Waals surface area contributed by atoms with Crippen LogP contribution in [0.2, 0.25) is 5.02 Å². The van der Waals surface area contributed by atoms with Crippen LogP contribution >= 0.6 is 22.9 Å². The van der Waals surface area contributed by atoms with E-state index in [-0.39, 0.29) is 23.8 Å². The molecule has 1 aliphatic heterocycles. The smallest absolute Gasteiger partial charge is 0.338 e. The van der Waals surface area contributed by atoms with Crippen molar-refractivity contribution in [2.75, 3.05) is 13.7 Å². The summed E-state index contributed by atoms with van der Waals surface area (Å²) in [4.78, 5) is 32.7. The molecule has 1 aromatic heterocycles. The molecule has 1 atom stereocenters. The predicted molar refractivity (Wildman–Crippen MR) is 189 cm³/mol. The fourth-order valence-corrected chi connectivity index (χ4v) is 7.16. The highest BCUT2D eigenvalue weighted by Crippen LogP contribution is 2.38. The summed E-state index contributed by atoms with van der Waals surface area (Å²) in [5.41, 5.74) is 2.76. The molecule has 2 heterocycles. The molecule has 5 aromatic rings. The molecule has 0 aliphatic carbocycles. The largest absolute Gasteiger partial charge is 0.493 e. The van der Waals surface area contributed by atoms with Gasteiger partial charge in [0.15, 0.2) is 16.3 Å². The lowest BCUT2D eigenvalue weighted by molar-refractivity contribution is -0.139. The molecule has 0 fully saturated rings. The molecule has 4 aromatic carbocycles. The van der Waals surface area contributed by atoms with Gasteiger partial charge in [-0.25, -0.2) is 9.79 Å². The van der Waals surface area contributed by atoms with E-state index >= 15 is 0 Å². The molecule has 246 valence electrons. The number of hydrogen-bond acceptors (Lipinski definition) is 8. The van der Waals surface area contributed by atoms with Crippen molar-refractivity contribution in [1.82, 2.24) is 4.57 Å². The van der Waals surface area contributed by atoms with Crippen molar-refractivity contribution in [3.05, 3.63) is 132 Å². The average Bonchev–Trinajstić information content (AvgIpc) is 3.37. The molecule has 6 rings (SSSR count). The summed E-state index contributed by atoms with van der Waals surface area (Å²) in [7, 11) is 1.55. The molecule has 8 nitrogen and oxygen atoms in total. The fraction of sp³-hybridized carbons (Fsp3) is 0.237. The van der Waals surface area contributed by atoms with Crippen molar-refractivity contribution in [2.45, 2.75) is 46.4 Å². The van der Waals surface area contributed by atoms with Gasteiger partial charge in [0.05, 0.1) is 40.6 Å². The Hall–Kier alpha value is -4.86. The summed E-state index contributed by atoms with van der Waals surface area (Å²) in [5.74, 6) is 0.870. The van der Waals surface area contributed by atoms with Gasteiger partial charge < -0.3 is 18.9 Å². The number of esters is 1. The summed E-state index contributed by atoms with van der Waals surface area (Å²) < 4.78 is 25.4. The van der Waals surface area contributed by atoms with E-state index in [1.54, 1.807) is 43.7 Å². The van der Waals surface area contributed by atoms with Crippen molar-refractivity contribution < 1.29 is 23.7 Å². The maximum atomic E-state index is 14.2. The summed E-state index contributed by atoms with van der Waals surface area (Å²) >= 11 is 8.00. The maximum absolute atomic E-state index is 14.2. The highest BCUT2D eigenvalue weighted by molar-refractivity contribution is 7.07. The van der Waals surface area contributed by atoms with Gasteiger partial charge in [-0.05, 0) is 73.9 Å². The summed E-state index contributed by atoms with van der Waals surface area (Å²) in [6, 6.07) is 24.3. The van der Waals surface area contributed by atoms with Crippen LogP contribution in [0.3, 0.4) is 0 Å². The van der Waals surface area contributed by atoms with Crippen LogP contribution in [0.15, 0.2) is 99.9 Å². The topological polar surface area (TPSA) is 88.4 Å². The average molecular weight is 683 g/mol. The number of carbonyl (C=O) groups is 1. The zero-order valence-corrected chi connectivity index (χ0v) is 28.9. The van der Waals surface area contributed by atoms with Gasteiger partial charge in [0.2, 0.25) is 0 Å². The summed E-state index contributed by atoms with van der Waals surface area (Å²) in [6.45, 7) is 7.82. The first-order chi connectivity index (χ1) is 23.2. The zero-order chi connectivity index (χ0) is 33.9. The molecule has 0 spiro atoms. The van der Waals surface area contributed by atoms with E-state index in [2.05, 4.69) is 23.2 Å². The first-order valence-electron chi connectivity index (χ1n) is 15.6. The van der Waals surface area contributed by atoms with Crippen LogP contribution in [0.1, 0.15) is 50.4 Å². The first kappa shape index (κ1) is 33.1. The van der Waals surface area contributed by atoms with Crippen molar-refractivity contribution in [2.24, 2.45) is 4.99 Å². The second kappa shape index (κ2) is 14.1. The Morgan fingerprint density at radius 3 is 2.56 bits per heavy atom. The number of para-hydroxylation sites is 1. The Balaban J connectivity index is 1.42. The number of methoxy groups -OCH3 is 1. The summed E-state index contributed by atoms with van der Waals surface area (Å²) in [6.07, 6.45) is 1.61. The Kier molecular flexibility index (Phi) is 9.71. The van der Waals surface area contributed by atoms with Crippen molar-refractivity contribution >= 4 is 45.8 Å². The number of nitrogens with zero attached hydrogens (tertiary/aromatic N) is 2. The highest BCUT2D eigenvalue weighted by atomic mass is 35.5. The van der Waals surface area contributed by atoms with Crippen LogP contribution in [0.5, 0.6) is 17.2 Å². The number of allylic oxidation sites excluding steroid dienone is 1. The number of halogens is 1. The van der Waals surface area contributed by atoms with E-state index in [9.17, 15) is 9.59 Å². The quantitative estimate of drug-likeness (QED) is 0.148. The van der Waals surface area contributed by atoms with E-state index in [1.165, 1.54) is 11.3 Å². The molecule has 48 heavy (non-hydrogen) atoms. The van der Waals surface area contributed by atoms with Gasteiger partial charge in [-0.1, -0.05) is 83.6 Å². The molecule has 10 heteroatoms. The van der Waals surface area contributed by atoms with Crippen LogP contribution < -0.4 is 29.1 Å². The Morgan fingerprint density at radius 2 is 1.79 bits per heavy atom. The lowest BCUT2D eigenvalue weighted by Gasteiger charge is -2.26. The number of rotatable bonds is 10. The van der Waals surface area contributed by atoms with E-state index in [1.807, 2.05) is 62.4 Å². The number of ether oxygens (including phenoxy) is 4. The second-order valence-corrected chi connectivity index (χ2v) is 12.9. The van der Waals surface area contributed by atoms with Crippen LogP contribution in [-0.2, 0) is 16.1 Å². The van der Waals surface area contributed by atoms with Gasteiger partial charge in [0.25, 0.3) is 5.56 Å². The molecule has 1 aliphatic rings. The lowest BCUT2D eigenvalue weighted by atomic mass is 9.95. The number of carbonyl (C=O) groups excluding carboxylic acids is 1. The fourth-order valence-electron chi connectivity index (χ4n) is 5.84. The maximum Gasteiger partial charge on any atom is 0.338 e. The molecule has 0 N–H and O–H groups in total. The predicted octanol–water partition coefficient (Wildman–Crippen LogP) is 6.98. The van der Waals surface area contributed by atoms with Gasteiger partial charge >= 0.3 is 5.97 Å². The Morgan fingerprint density at radius 1 is 1.04 bits per heavy atom. The van der Waals surface area contributed by atoms with Gasteiger partial charge in [-0.3, -0.25) is 9.36 Å². The molecule has 0 radical (unpaired) electrons. The van der Waals surface area contributed by atoms with Crippen molar-refractivity contribution in [3.8, 4) is 17.2 Å². The number of benzene rings is 4. The van der Waals surface area contributed by atoms with E-state index in [0.717, 1.165) is 16.3 Å². The molecule has 0 amide bonds. The molecule has 0 unspecified atom stereocenters. The third-order valence-corrected chi connectivity index (χ3v) is 9.16. The minimum atomic E-state index is -0.805. The van der Waals surface area contributed by atoms with Crippen molar-refractivity contribution in [3.63, 3.8) is 0 Å². The molecule has 0 saturated heterocycles. The Bertz CT molecular complexity index is 2230. The van der Waals surface area contributed by atoms with Gasteiger partial charge in [-0.2, -0.15) is 0 Å². The standard InChI is InChI=1S/C38H35ClN2O6S/c1-6-45-37(43)33-23(4)40-38-41(34(33)28-16-9-10-17-30(28)47-22(2)3)36(42)32(48-38)20-24-18-29(39)35(31(19-24)44-5)46-21-26-14-11-13-25-12-7-8-15-27(25)26/h7-20,22,34H,6,21H2,1-5H3/b32-20+/t34-/m1/s1. The van der Waals surface area contributed by atoms with Gasteiger partial charge in [0.1, 0.15) is 18.4 Å². The SMILES string of the molecule is CCOC(=O)C1=C(C)N=c2s/c(=C/c3cc(Cl)c(OCc4cccc5ccccc45)c(OC)c3)c(=O)n2[C@@H]1c1ccccc1OC(C)C. The molecular formula is C38H35ClN2O6S. The minimum absolute atomic E-state index is 0.128. The number of aromatic nitrogens is 1. The monoisotopic (exact) mass is 682 g/mol. The number of hydrogen-bond donors (Lipinski definition) is 0. The zero-order valence-electron chi connectivity index (χ0n) is 27.3. The van der Waals surface area contributed by atoms with Gasteiger partial charge in [0, 0.05) is 5.56 Å². The van der Waals surface area contributed by atoms with Crippen LogP contribution in [0.25, 0.3) is 16.8 Å². The molecule has 0 bridgehead atoms. The number of thiazole rings is 1. The molecule has 0 saturated carbocycles. The minimum Gasteiger partial charge on any atom is -0.493 e. The van der Waals surface area contributed by atoms with Crippen molar-refractivity contribution in [1.29, 1.82) is 0 Å². The molecular weight excluding hydrogens is 648 g/mol. The van der Waals surface area contributed by atoms with E-state index < -0.39 is 12.0 Å². The lowest BCUT2D eigenvalue weighted by Crippen LogP contribution is -2.40. The van der Waals surface area contributed by atoms with Crippen LogP contribution in [-0.4, -0.2) is 30.4 Å². The third-order valence-electron chi connectivity index (χ3n) is 7.89. The third kappa shape index (κ3) is 6.48. The second-order valence-electron chi connectivity index (χ2n) is 11.5. The summed E-state index contributed by atoms with van der Waals surface area (Å²) in [5, 5.41) is 2.56.